The Morgan fingerprint density at radius 3 is 1.92 bits per heavy atom. The molecule has 0 radical (unpaired) electrons. The molecule has 0 spiro atoms. The average Bonchev–Trinajstić information content (AvgIpc) is 1.53. The van der Waals surface area contributed by atoms with Crippen molar-refractivity contribution in [1.29, 1.82) is 5.26 Å². The van der Waals surface area contributed by atoms with Crippen LogP contribution in [0.15, 0.2) is 79.9 Å². The van der Waals surface area contributed by atoms with Gasteiger partial charge in [0.15, 0.2) is 6.23 Å². The number of carbonyl (C=O) groups excluding carboxylic acids is 7. The summed E-state index contributed by atoms with van der Waals surface area (Å²) in [5.74, 6) is -7.40. The molecule has 2 unspecified atom stereocenters. The van der Waals surface area contributed by atoms with Gasteiger partial charge in [0, 0.05) is 114 Å². The Bertz CT molecular complexity index is 3700. The summed E-state index contributed by atoms with van der Waals surface area (Å²) >= 11 is 0. The number of carbonyl (C=O) groups is 7. The van der Waals surface area contributed by atoms with Crippen LogP contribution in [0.25, 0.3) is 16.4 Å². The number of nitrogens with zero attached hydrogens (tertiary/aromatic N) is 7. The summed E-state index contributed by atoms with van der Waals surface area (Å²) in [6.45, 7) is 31.2. The second-order valence-corrected chi connectivity index (χ2v) is 29.5. The molecule has 7 amide bonds. The summed E-state index contributed by atoms with van der Waals surface area (Å²) in [4.78, 5) is 128. The van der Waals surface area contributed by atoms with E-state index in [1.54, 1.807) is 6.92 Å². The fraction of sp³-hybridized carbons (Fsp3) is 0.612. The number of aromatic nitrogens is 2. The maximum Gasteiger partial charge on any atom is 3.00 e. The van der Waals surface area contributed by atoms with Gasteiger partial charge >= 0.3 is 16.8 Å². The standard InChI is InChI=1S/C62H90N13O14P.C4H8.CN.Co/c1-29-20-39-40(21-30(29)2)75(28-70-39)57-52(84)53(41(27-76)87-57)89-90(85,86)88-31(3)26-69-49(83)18-19-59(8)37(22-46(66)80)56-62(11)61(10,25-48(68)82)36(14-17-45(65)79)51(74-62)33(5)55-60(9,24-47(67)81)34(12-15-43(63)77)38(71-55)23-42-58(6,7)35(13-16-44(64)78)50(72-42)32(4)54(59)73-56;1-4(2)3;1-2;/h20-21,23,28,31,34-37,41,52-53,56-57,76,84H,12-19,22,24-27H2,1-11H3,(H15,63,64,65,66,67,68,69,71,72,73,74,77,78,79,80,81,82,83,85,86);1H2,2-3H3;;/q;;-1;+3/p-2/t31?,34-,35-,36-,37+,41-,52-,53-,56-,57+,59-,60+,61+,62+;;;/m1.../s1. The SMILES string of the molecule is C/C1=C2N=C(/C=C3N=C(/C(C)=C4\[N-][C@@](C)([C@@H]5N=C1[C@](C)(CCC(=O)NCC(C)OP(=O)([O-])O[C@H]1[C@@H](O)[C@@H](n6cnc7cc(C)c(C)cc76)O[C@@H]1CO)[C@H]5CC(N)=O)[C@@](C)(CC(N)=O)[C@@H]4CCC(N)=O)[C@@](C)(CC(N)=O)[C@@H]\3CCC(N)=O)C(C)(C)[C@@H]/2CCC(N)=O.C=C(C)C.[C-]#N.[Co+3]. The van der Waals surface area contributed by atoms with Crippen molar-refractivity contribution in [2.45, 2.75) is 203 Å². The number of ether oxygens (including phenoxy) is 1. The Labute approximate surface area is 577 Å². The van der Waals surface area contributed by atoms with E-state index in [0.717, 1.165) is 11.1 Å². The molecule has 0 aliphatic carbocycles. The molecule has 15 N–H and O–H groups in total. The monoisotopic (exact) mass is 1410 g/mol. The van der Waals surface area contributed by atoms with Crippen LogP contribution >= 0.6 is 7.82 Å². The van der Waals surface area contributed by atoms with Gasteiger partial charge in [-0.2, -0.15) is 5.70 Å². The minimum absolute atomic E-state index is 0. The molecule has 6 aliphatic heterocycles. The van der Waals surface area contributed by atoms with Crippen LogP contribution in [0.4, 0.5) is 0 Å². The molecule has 8 rings (SSSR count). The number of aryl methyl sites for hydroxylation is 2. The average molecular weight is 1410 g/mol. The molecular formula is C67H96CoN14O14P. The number of amides is 7. The number of aliphatic imine (C=N–C) groups is 3. The molecule has 0 saturated carbocycles. The van der Waals surface area contributed by atoms with Gasteiger partial charge in [0.2, 0.25) is 41.4 Å². The van der Waals surface area contributed by atoms with Crippen molar-refractivity contribution in [3.05, 3.63) is 87.9 Å². The van der Waals surface area contributed by atoms with Crippen molar-refractivity contribution in [2.24, 2.45) is 94.7 Å². The quantitative estimate of drug-likeness (QED) is 0.0340. The van der Waals surface area contributed by atoms with Gasteiger partial charge in [-0.3, -0.25) is 53.1 Å². The van der Waals surface area contributed by atoms with Crippen LogP contribution in [0, 0.1) is 71.0 Å². The third kappa shape index (κ3) is 16.7. The van der Waals surface area contributed by atoms with E-state index in [2.05, 4.69) is 16.9 Å². The summed E-state index contributed by atoms with van der Waals surface area (Å²) in [7, 11) is -5.32. The Balaban J connectivity index is 0.00000234. The van der Waals surface area contributed by atoms with Gasteiger partial charge in [-0.1, -0.05) is 52.7 Å². The van der Waals surface area contributed by atoms with E-state index in [1.807, 2.05) is 94.4 Å². The number of nitrogens with two attached hydrogens (primary N) is 6. The van der Waals surface area contributed by atoms with Crippen LogP contribution in [0.2, 0.25) is 0 Å². The summed E-state index contributed by atoms with van der Waals surface area (Å²) in [5, 5.41) is 36.4. The minimum Gasteiger partial charge on any atom is -0.756 e. The van der Waals surface area contributed by atoms with Crippen LogP contribution in [0.5, 0.6) is 0 Å². The summed E-state index contributed by atoms with van der Waals surface area (Å²) < 4.78 is 31.9. The molecule has 2 fully saturated rings. The molecule has 6 aliphatic rings. The Hall–Kier alpha value is -7.26. The van der Waals surface area contributed by atoms with E-state index in [4.69, 9.17) is 80.3 Å². The van der Waals surface area contributed by atoms with E-state index >= 15 is 0 Å². The molecule has 1 aromatic heterocycles. The number of benzene rings is 1. The molecular weight excluding hydrogens is 1310 g/mol. The smallest absolute Gasteiger partial charge is 0.756 e. The van der Waals surface area contributed by atoms with Crippen molar-refractivity contribution >= 4 is 77.3 Å². The van der Waals surface area contributed by atoms with Gasteiger partial charge in [-0.25, -0.2) is 4.98 Å². The van der Waals surface area contributed by atoms with E-state index in [0.29, 0.717) is 56.4 Å². The summed E-state index contributed by atoms with van der Waals surface area (Å²) in [6, 6.07) is 2.65. The normalized spacial score (nSPS) is 32.0. The third-order valence-electron chi connectivity index (χ3n) is 20.5. The van der Waals surface area contributed by atoms with E-state index in [1.165, 1.54) is 23.4 Å². The molecule has 30 heteroatoms. The molecule has 2 saturated heterocycles. The van der Waals surface area contributed by atoms with Crippen molar-refractivity contribution < 1.29 is 83.8 Å². The first-order valence-corrected chi connectivity index (χ1v) is 33.5. The van der Waals surface area contributed by atoms with Gasteiger partial charge < -0.3 is 90.3 Å². The van der Waals surface area contributed by atoms with Crippen LogP contribution < -0.4 is 44.6 Å². The number of rotatable bonds is 26. The number of imidazole rings is 1. The Kier molecular flexibility index (Phi) is 25.9. The first-order valence-electron chi connectivity index (χ1n) is 32.1. The molecule has 2 aromatic rings. The third-order valence-corrected chi connectivity index (χ3v) is 21.6. The molecule has 97 heavy (non-hydrogen) atoms. The van der Waals surface area contributed by atoms with Crippen molar-refractivity contribution in [3.63, 3.8) is 0 Å². The zero-order valence-corrected chi connectivity index (χ0v) is 59.6. The minimum atomic E-state index is -5.32. The predicted octanol–water partition coefficient (Wildman–Crippen LogP) is 4.99. The molecule has 28 nitrogen and oxygen atoms in total. The van der Waals surface area contributed by atoms with Crippen molar-refractivity contribution in [1.82, 2.24) is 14.9 Å². The van der Waals surface area contributed by atoms with Gasteiger partial charge in [-0.15, -0.1) is 6.58 Å². The number of aliphatic hydroxyl groups excluding tert-OH is 2. The van der Waals surface area contributed by atoms with Crippen LogP contribution in [-0.2, 0) is 68.7 Å². The number of primary amides is 6. The molecule has 7 heterocycles. The maximum atomic E-state index is 14.4. The van der Waals surface area contributed by atoms with Gasteiger partial charge in [-0.05, 0) is 132 Å². The first-order chi connectivity index (χ1) is 44.6. The number of phosphoric acid groups is 1. The maximum absolute atomic E-state index is 14.4. The Morgan fingerprint density at radius 1 is 0.814 bits per heavy atom. The molecule has 1 aromatic carbocycles. The Morgan fingerprint density at radius 2 is 1.37 bits per heavy atom. The number of nitrogens with one attached hydrogen (secondary N) is 1. The van der Waals surface area contributed by atoms with Crippen LogP contribution in [-0.4, -0.2) is 127 Å². The molecule has 15 atom stereocenters. The molecule has 8 bridgehead atoms. The number of phosphoric ester groups is 1. The predicted molar refractivity (Wildman–Crippen MR) is 357 cm³/mol. The number of allylic oxidation sites excluding steroid dienone is 7. The number of aliphatic hydroxyl groups is 2. The zero-order chi connectivity index (χ0) is 72.3. The van der Waals surface area contributed by atoms with Gasteiger partial charge in [0.1, 0.15) is 18.3 Å². The largest absolute Gasteiger partial charge is 3.00 e. The summed E-state index contributed by atoms with van der Waals surface area (Å²) in [5.41, 5.74) is 37.8. The number of hydrogen-bond acceptors (Lipinski definition) is 19. The number of fused-ring (bicyclic) bond motifs is 7. The van der Waals surface area contributed by atoms with E-state index < -0.39 is 143 Å². The van der Waals surface area contributed by atoms with Gasteiger partial charge in [0.05, 0.1) is 30.1 Å². The fourth-order valence-corrected chi connectivity index (χ4v) is 16.4. The zero-order valence-electron chi connectivity index (χ0n) is 57.7. The first kappa shape index (κ1) is 80.4. The van der Waals surface area contributed by atoms with Gasteiger partial charge in [0.25, 0.3) is 7.82 Å². The van der Waals surface area contributed by atoms with E-state index in [-0.39, 0.29) is 94.0 Å². The molecule has 532 valence electrons. The van der Waals surface area contributed by atoms with Crippen LogP contribution in [0.3, 0.4) is 0 Å². The number of hydrogen-bond donors (Lipinski definition) is 9. The second-order valence-electron chi connectivity index (χ2n) is 28.2. The second kappa shape index (κ2) is 31.3. The fourth-order valence-electron chi connectivity index (χ4n) is 15.3. The van der Waals surface area contributed by atoms with E-state index in [9.17, 15) is 53.2 Å². The van der Waals surface area contributed by atoms with Crippen molar-refractivity contribution in [3.8, 4) is 0 Å². The van der Waals surface area contributed by atoms with Crippen molar-refractivity contribution in [2.75, 3.05) is 13.2 Å². The van der Waals surface area contributed by atoms with Crippen LogP contribution in [0.1, 0.15) is 164 Å². The summed E-state index contributed by atoms with van der Waals surface area (Å²) in [6.07, 6.45) is -4.79. The topological polar surface area (TPSA) is 489 Å².